The smallest absolute Gasteiger partial charge is 0.340 e. The van der Waals surface area contributed by atoms with Crippen molar-refractivity contribution in [3.63, 3.8) is 0 Å². The number of anilines is 1. The van der Waals surface area contributed by atoms with Crippen molar-refractivity contribution in [2.24, 2.45) is 0 Å². The number of halogens is 1. The number of ether oxygens (including phenoxy) is 1. The number of carbonyl (C=O) groups is 2. The third-order valence-electron chi connectivity index (χ3n) is 2.48. The van der Waals surface area contributed by atoms with E-state index in [1.54, 1.807) is 0 Å². The molecule has 0 amide bonds. The Kier molecular flexibility index (Phi) is 4.66. The van der Waals surface area contributed by atoms with Gasteiger partial charge >= 0.3 is 11.9 Å². The standard InChI is InChI=1S/C11H12FNO6S/c1-6(11(16)19-2)20(17,18)13-8-5-3-4-7(12)9(8)10(14)15/h3-6,13H,1-2H3,(H,14,15). The molecule has 0 fully saturated rings. The summed E-state index contributed by atoms with van der Waals surface area (Å²) in [6.45, 7) is 1.06. The van der Waals surface area contributed by atoms with Crippen molar-refractivity contribution in [1.82, 2.24) is 0 Å². The Labute approximate surface area is 114 Å². The maximum Gasteiger partial charge on any atom is 0.340 e. The lowest BCUT2D eigenvalue weighted by Crippen LogP contribution is -2.33. The zero-order valence-electron chi connectivity index (χ0n) is 10.6. The van der Waals surface area contributed by atoms with Crippen molar-refractivity contribution in [1.29, 1.82) is 0 Å². The third kappa shape index (κ3) is 3.23. The Morgan fingerprint density at radius 2 is 2.00 bits per heavy atom. The van der Waals surface area contributed by atoms with E-state index in [0.717, 1.165) is 32.2 Å². The van der Waals surface area contributed by atoms with Crippen molar-refractivity contribution in [3.8, 4) is 0 Å². The van der Waals surface area contributed by atoms with Crippen molar-refractivity contribution in [2.75, 3.05) is 11.8 Å². The molecule has 0 aromatic heterocycles. The Hall–Kier alpha value is -2.16. The van der Waals surface area contributed by atoms with Crippen LogP contribution in [0.5, 0.6) is 0 Å². The van der Waals surface area contributed by atoms with Gasteiger partial charge in [-0.3, -0.25) is 9.52 Å². The minimum absolute atomic E-state index is 0.465. The molecule has 0 aliphatic carbocycles. The molecule has 1 aromatic carbocycles. The van der Waals surface area contributed by atoms with E-state index >= 15 is 0 Å². The second-order valence-electron chi connectivity index (χ2n) is 3.78. The van der Waals surface area contributed by atoms with Crippen molar-refractivity contribution >= 4 is 27.6 Å². The fraction of sp³-hybridized carbons (Fsp3) is 0.273. The molecular formula is C11H12FNO6S. The Balaban J connectivity index is 3.20. The molecule has 0 radical (unpaired) electrons. The monoisotopic (exact) mass is 305 g/mol. The average molecular weight is 305 g/mol. The summed E-state index contributed by atoms with van der Waals surface area (Å²) in [5.41, 5.74) is -1.29. The molecular weight excluding hydrogens is 293 g/mol. The summed E-state index contributed by atoms with van der Waals surface area (Å²) in [6.07, 6.45) is 0. The van der Waals surface area contributed by atoms with Crippen LogP contribution in [0.15, 0.2) is 18.2 Å². The molecule has 1 atom stereocenters. The molecule has 7 nitrogen and oxygen atoms in total. The fourth-order valence-electron chi connectivity index (χ4n) is 1.36. The van der Waals surface area contributed by atoms with Crippen LogP contribution < -0.4 is 4.72 Å². The number of rotatable bonds is 5. The van der Waals surface area contributed by atoms with Crippen LogP contribution in [0, 0.1) is 5.82 Å². The van der Waals surface area contributed by atoms with E-state index in [9.17, 15) is 22.4 Å². The number of carbonyl (C=O) groups excluding carboxylic acids is 1. The molecule has 0 saturated carbocycles. The molecule has 0 aliphatic rings. The Morgan fingerprint density at radius 1 is 1.40 bits per heavy atom. The summed E-state index contributed by atoms with van der Waals surface area (Å²) in [7, 11) is -3.24. The summed E-state index contributed by atoms with van der Waals surface area (Å²) >= 11 is 0. The van der Waals surface area contributed by atoms with Crippen molar-refractivity contribution in [2.45, 2.75) is 12.2 Å². The first-order valence-electron chi connectivity index (χ1n) is 5.32. The largest absolute Gasteiger partial charge is 0.478 e. The van der Waals surface area contributed by atoms with Gasteiger partial charge in [0, 0.05) is 0 Å². The predicted molar refractivity (Wildman–Crippen MR) is 67.4 cm³/mol. The first-order chi connectivity index (χ1) is 9.20. The Morgan fingerprint density at radius 3 is 2.50 bits per heavy atom. The van der Waals surface area contributed by atoms with Crippen molar-refractivity contribution < 1.29 is 32.2 Å². The van der Waals surface area contributed by atoms with E-state index in [1.165, 1.54) is 0 Å². The van der Waals surface area contributed by atoms with Crippen LogP contribution in [0.25, 0.3) is 0 Å². The summed E-state index contributed by atoms with van der Waals surface area (Å²) in [4.78, 5) is 22.1. The molecule has 1 rings (SSSR count). The molecule has 2 N–H and O–H groups in total. The number of hydrogen-bond donors (Lipinski definition) is 2. The van der Waals surface area contributed by atoms with Gasteiger partial charge in [0.05, 0.1) is 12.8 Å². The number of nitrogens with one attached hydrogen (secondary N) is 1. The molecule has 110 valence electrons. The quantitative estimate of drug-likeness (QED) is 0.780. The normalized spacial score (nSPS) is 12.6. The SMILES string of the molecule is COC(=O)C(C)S(=O)(=O)Nc1cccc(F)c1C(=O)O. The first kappa shape index (κ1) is 15.9. The summed E-state index contributed by atoms with van der Waals surface area (Å²) in [5.74, 6) is -3.75. The van der Waals surface area contributed by atoms with Gasteiger partial charge < -0.3 is 9.84 Å². The van der Waals surface area contributed by atoms with E-state index in [1.807, 2.05) is 4.72 Å². The lowest BCUT2D eigenvalue weighted by molar-refractivity contribution is -0.139. The second-order valence-corrected chi connectivity index (χ2v) is 5.78. The van der Waals surface area contributed by atoms with Gasteiger partial charge in [-0.1, -0.05) is 6.07 Å². The van der Waals surface area contributed by atoms with E-state index in [4.69, 9.17) is 5.11 Å². The minimum Gasteiger partial charge on any atom is -0.478 e. The lowest BCUT2D eigenvalue weighted by Gasteiger charge is -2.14. The van der Waals surface area contributed by atoms with Crippen molar-refractivity contribution in [3.05, 3.63) is 29.6 Å². The molecule has 0 saturated heterocycles. The van der Waals surface area contributed by atoms with Crippen LogP contribution in [0.4, 0.5) is 10.1 Å². The van der Waals surface area contributed by atoms with Crippen LogP contribution in [0.2, 0.25) is 0 Å². The van der Waals surface area contributed by atoms with Gasteiger partial charge in [-0.15, -0.1) is 0 Å². The third-order valence-corrected chi connectivity index (χ3v) is 4.11. The Bertz CT molecular complexity index is 642. The molecule has 1 aromatic rings. The maximum absolute atomic E-state index is 13.4. The van der Waals surface area contributed by atoms with Gasteiger partial charge in [-0.05, 0) is 19.1 Å². The molecule has 0 heterocycles. The first-order valence-corrected chi connectivity index (χ1v) is 6.86. The zero-order chi connectivity index (χ0) is 15.5. The van der Waals surface area contributed by atoms with Crippen LogP contribution in [-0.2, 0) is 19.6 Å². The highest BCUT2D eigenvalue weighted by Gasteiger charge is 2.30. The highest BCUT2D eigenvalue weighted by atomic mass is 32.2. The number of methoxy groups -OCH3 is 1. The second kappa shape index (κ2) is 5.87. The van der Waals surface area contributed by atoms with Gasteiger partial charge in [-0.2, -0.15) is 0 Å². The fourth-order valence-corrected chi connectivity index (χ4v) is 2.36. The topological polar surface area (TPSA) is 110 Å². The predicted octanol–water partition coefficient (Wildman–Crippen LogP) is 0.827. The van der Waals surface area contributed by atoms with Gasteiger partial charge in [-0.25, -0.2) is 17.6 Å². The highest BCUT2D eigenvalue weighted by Crippen LogP contribution is 2.21. The highest BCUT2D eigenvalue weighted by molar-refractivity contribution is 7.94. The lowest BCUT2D eigenvalue weighted by atomic mass is 10.2. The number of benzene rings is 1. The molecule has 0 spiro atoms. The summed E-state index contributed by atoms with van der Waals surface area (Å²) in [6, 6.07) is 3.10. The molecule has 0 aliphatic heterocycles. The number of esters is 1. The summed E-state index contributed by atoms with van der Waals surface area (Å²) < 4.78 is 43.3. The number of hydrogen-bond acceptors (Lipinski definition) is 5. The number of aromatic carboxylic acids is 1. The zero-order valence-corrected chi connectivity index (χ0v) is 11.4. The molecule has 9 heteroatoms. The van der Waals surface area contributed by atoms with Gasteiger partial charge in [0.1, 0.15) is 11.4 Å². The van der Waals surface area contributed by atoms with Crippen LogP contribution in [-0.4, -0.2) is 37.8 Å². The maximum atomic E-state index is 13.4. The molecule has 20 heavy (non-hydrogen) atoms. The van der Waals surface area contributed by atoms with E-state index in [-0.39, 0.29) is 0 Å². The molecule has 0 bridgehead atoms. The van der Waals surface area contributed by atoms with E-state index in [2.05, 4.69) is 4.74 Å². The molecule has 1 unspecified atom stereocenters. The van der Waals surface area contributed by atoms with Crippen LogP contribution in [0.1, 0.15) is 17.3 Å². The minimum atomic E-state index is -4.25. The van der Waals surface area contributed by atoms with Gasteiger partial charge in [0.2, 0.25) is 10.0 Å². The van der Waals surface area contributed by atoms with E-state index < -0.39 is 44.3 Å². The number of sulfonamides is 1. The number of carboxylic acids is 1. The van der Waals surface area contributed by atoms with E-state index in [0.29, 0.717) is 0 Å². The van der Waals surface area contributed by atoms with Crippen LogP contribution >= 0.6 is 0 Å². The summed E-state index contributed by atoms with van der Waals surface area (Å²) in [5, 5.41) is 7.30. The number of carboxylic acid groups (broad SMARTS) is 1. The van der Waals surface area contributed by atoms with Gasteiger partial charge in [0.15, 0.2) is 5.25 Å². The van der Waals surface area contributed by atoms with Gasteiger partial charge in [0.25, 0.3) is 0 Å². The average Bonchev–Trinajstić information content (AvgIpc) is 2.36. The van der Waals surface area contributed by atoms with Crippen LogP contribution in [0.3, 0.4) is 0 Å².